The van der Waals surface area contributed by atoms with Gasteiger partial charge in [0.1, 0.15) is 12.3 Å². The molecule has 1 saturated heterocycles. The van der Waals surface area contributed by atoms with Crippen LogP contribution in [-0.2, 0) is 14.3 Å². The van der Waals surface area contributed by atoms with E-state index in [1.807, 2.05) is 6.07 Å². The number of likely N-dealkylation sites (tertiary alicyclic amines) is 1. The Morgan fingerprint density at radius 2 is 2.04 bits per heavy atom. The highest BCUT2D eigenvalue weighted by molar-refractivity contribution is 5.89. The SMILES string of the molecule is COC(=O)N[C@@H](C(=O)N1CC2(CC2)C[C@H]1C=O)c1ccccc1. The predicted octanol–water partition coefficient (Wildman–Crippen LogP) is 1.66. The van der Waals surface area contributed by atoms with Crippen molar-refractivity contribution in [3.05, 3.63) is 35.9 Å². The van der Waals surface area contributed by atoms with E-state index in [-0.39, 0.29) is 11.3 Å². The summed E-state index contributed by atoms with van der Waals surface area (Å²) in [5, 5.41) is 2.58. The van der Waals surface area contributed by atoms with E-state index in [9.17, 15) is 14.4 Å². The van der Waals surface area contributed by atoms with E-state index in [0.29, 0.717) is 12.1 Å². The highest BCUT2D eigenvalue weighted by atomic mass is 16.5. The Morgan fingerprint density at radius 1 is 1.35 bits per heavy atom. The lowest BCUT2D eigenvalue weighted by Crippen LogP contribution is -2.45. The van der Waals surface area contributed by atoms with Gasteiger partial charge in [0.25, 0.3) is 5.91 Å². The Balaban J connectivity index is 1.85. The molecule has 1 aromatic rings. The van der Waals surface area contributed by atoms with Crippen LogP contribution < -0.4 is 5.32 Å². The molecule has 6 heteroatoms. The van der Waals surface area contributed by atoms with Crippen molar-refractivity contribution in [2.45, 2.75) is 31.3 Å². The third kappa shape index (κ3) is 3.06. The van der Waals surface area contributed by atoms with Crippen molar-refractivity contribution in [1.29, 1.82) is 0 Å². The number of carbonyl (C=O) groups is 3. The molecule has 0 unspecified atom stereocenters. The number of alkyl carbamates (subject to hydrolysis) is 1. The van der Waals surface area contributed by atoms with E-state index in [2.05, 4.69) is 10.1 Å². The molecule has 23 heavy (non-hydrogen) atoms. The summed E-state index contributed by atoms with van der Waals surface area (Å²) < 4.78 is 4.63. The van der Waals surface area contributed by atoms with E-state index in [1.54, 1.807) is 29.2 Å². The van der Waals surface area contributed by atoms with Gasteiger partial charge in [-0.05, 0) is 30.2 Å². The topological polar surface area (TPSA) is 75.7 Å². The van der Waals surface area contributed by atoms with Crippen LogP contribution in [0.25, 0.3) is 0 Å². The Hall–Kier alpha value is -2.37. The van der Waals surface area contributed by atoms with Gasteiger partial charge < -0.3 is 19.7 Å². The number of ether oxygens (including phenoxy) is 1. The quantitative estimate of drug-likeness (QED) is 0.857. The molecule has 2 fully saturated rings. The van der Waals surface area contributed by atoms with Crippen molar-refractivity contribution >= 4 is 18.3 Å². The molecule has 1 aromatic carbocycles. The highest BCUT2D eigenvalue weighted by Gasteiger charge is 2.54. The van der Waals surface area contributed by atoms with Crippen LogP contribution in [0.15, 0.2) is 30.3 Å². The first-order valence-electron chi connectivity index (χ1n) is 7.74. The third-order valence-corrected chi connectivity index (χ3v) is 4.77. The monoisotopic (exact) mass is 316 g/mol. The number of amides is 2. The van der Waals surface area contributed by atoms with E-state index in [0.717, 1.165) is 25.5 Å². The molecule has 1 spiro atoms. The van der Waals surface area contributed by atoms with Crippen LogP contribution in [0.4, 0.5) is 4.79 Å². The van der Waals surface area contributed by atoms with Gasteiger partial charge in [-0.3, -0.25) is 4.79 Å². The first-order chi connectivity index (χ1) is 11.1. The first kappa shape index (κ1) is 15.5. The van der Waals surface area contributed by atoms with Gasteiger partial charge in [-0.2, -0.15) is 0 Å². The standard InChI is InChI=1S/C17H20N2O4/c1-23-16(22)18-14(12-5-3-2-4-6-12)15(21)19-11-17(7-8-17)9-13(19)10-20/h2-6,10,13-14H,7-9,11H2,1H3,(H,18,22)/t13-,14+/m0/s1. The minimum Gasteiger partial charge on any atom is -0.453 e. The fraction of sp³-hybridized carbons (Fsp3) is 0.471. The molecule has 1 heterocycles. The number of hydrogen-bond acceptors (Lipinski definition) is 4. The van der Waals surface area contributed by atoms with Gasteiger partial charge >= 0.3 is 6.09 Å². The lowest BCUT2D eigenvalue weighted by atomic mass is 10.0. The predicted molar refractivity (Wildman–Crippen MR) is 82.6 cm³/mol. The minimum atomic E-state index is -0.847. The molecule has 1 saturated carbocycles. The summed E-state index contributed by atoms with van der Waals surface area (Å²) in [7, 11) is 1.26. The number of methoxy groups -OCH3 is 1. The number of benzene rings is 1. The van der Waals surface area contributed by atoms with Gasteiger partial charge in [0, 0.05) is 6.54 Å². The average molecular weight is 316 g/mol. The Bertz CT molecular complexity index is 612. The summed E-state index contributed by atoms with van der Waals surface area (Å²) in [6.07, 6.45) is 3.01. The summed E-state index contributed by atoms with van der Waals surface area (Å²) >= 11 is 0. The van der Waals surface area contributed by atoms with E-state index in [4.69, 9.17) is 0 Å². The average Bonchev–Trinajstić information content (AvgIpc) is 3.23. The largest absolute Gasteiger partial charge is 0.453 e. The molecular weight excluding hydrogens is 296 g/mol. The summed E-state index contributed by atoms with van der Waals surface area (Å²) in [6, 6.07) is 7.74. The Morgan fingerprint density at radius 3 is 2.61 bits per heavy atom. The van der Waals surface area contributed by atoms with Crippen LogP contribution in [0.2, 0.25) is 0 Å². The maximum atomic E-state index is 13.0. The van der Waals surface area contributed by atoms with Gasteiger partial charge in [-0.1, -0.05) is 30.3 Å². The van der Waals surface area contributed by atoms with E-state index in [1.165, 1.54) is 7.11 Å². The molecule has 1 aliphatic carbocycles. The Labute approximate surface area is 134 Å². The summed E-state index contributed by atoms with van der Waals surface area (Å²) in [4.78, 5) is 37.6. The highest BCUT2D eigenvalue weighted by Crippen LogP contribution is 2.54. The van der Waals surface area contributed by atoms with Crippen molar-refractivity contribution < 1.29 is 19.1 Å². The van der Waals surface area contributed by atoms with Crippen molar-refractivity contribution in [3.63, 3.8) is 0 Å². The maximum Gasteiger partial charge on any atom is 0.407 e. The molecule has 0 bridgehead atoms. The van der Waals surface area contributed by atoms with Crippen molar-refractivity contribution in [2.75, 3.05) is 13.7 Å². The minimum absolute atomic E-state index is 0.119. The summed E-state index contributed by atoms with van der Waals surface area (Å²) in [6.45, 7) is 0.585. The van der Waals surface area contributed by atoms with Crippen LogP contribution in [0.1, 0.15) is 30.9 Å². The van der Waals surface area contributed by atoms with E-state index < -0.39 is 18.2 Å². The van der Waals surface area contributed by atoms with E-state index >= 15 is 0 Å². The van der Waals surface area contributed by atoms with Crippen LogP contribution >= 0.6 is 0 Å². The number of carbonyl (C=O) groups excluding carboxylic acids is 3. The molecule has 0 radical (unpaired) electrons. The number of aldehydes is 1. The van der Waals surface area contributed by atoms with Gasteiger partial charge in [-0.25, -0.2) is 4.79 Å². The molecule has 2 aliphatic rings. The zero-order valence-electron chi connectivity index (χ0n) is 13.0. The van der Waals surface area contributed by atoms with Gasteiger partial charge in [-0.15, -0.1) is 0 Å². The van der Waals surface area contributed by atoms with Gasteiger partial charge in [0.15, 0.2) is 0 Å². The molecule has 6 nitrogen and oxygen atoms in total. The molecule has 1 aliphatic heterocycles. The zero-order valence-corrected chi connectivity index (χ0v) is 13.0. The normalized spacial score (nSPS) is 22.5. The van der Waals surface area contributed by atoms with Crippen molar-refractivity contribution in [3.8, 4) is 0 Å². The molecule has 3 rings (SSSR count). The lowest BCUT2D eigenvalue weighted by molar-refractivity contribution is -0.136. The zero-order chi connectivity index (χ0) is 16.4. The number of nitrogens with zero attached hydrogens (tertiary/aromatic N) is 1. The molecule has 0 aromatic heterocycles. The molecule has 1 N–H and O–H groups in total. The molecule has 122 valence electrons. The molecular formula is C17H20N2O4. The fourth-order valence-corrected chi connectivity index (χ4v) is 3.27. The van der Waals surface area contributed by atoms with Crippen LogP contribution in [0, 0.1) is 5.41 Å². The van der Waals surface area contributed by atoms with Crippen molar-refractivity contribution in [1.82, 2.24) is 10.2 Å². The number of rotatable bonds is 4. The van der Waals surface area contributed by atoms with Crippen molar-refractivity contribution in [2.24, 2.45) is 5.41 Å². The van der Waals surface area contributed by atoms with Gasteiger partial charge in [0.2, 0.25) is 0 Å². The van der Waals surface area contributed by atoms with Crippen LogP contribution in [0.5, 0.6) is 0 Å². The summed E-state index contributed by atoms with van der Waals surface area (Å²) in [5.41, 5.74) is 0.789. The first-order valence-corrected chi connectivity index (χ1v) is 7.74. The van der Waals surface area contributed by atoms with Crippen LogP contribution in [-0.4, -0.2) is 42.9 Å². The number of hydrogen-bond donors (Lipinski definition) is 1. The summed E-state index contributed by atoms with van der Waals surface area (Å²) in [5.74, 6) is -0.262. The van der Waals surface area contributed by atoms with Gasteiger partial charge in [0.05, 0.1) is 13.2 Å². The van der Waals surface area contributed by atoms with Crippen LogP contribution in [0.3, 0.4) is 0 Å². The third-order valence-electron chi connectivity index (χ3n) is 4.77. The lowest BCUT2D eigenvalue weighted by Gasteiger charge is -2.27. The second kappa shape index (κ2) is 6.02. The number of nitrogens with one attached hydrogen (secondary N) is 1. The maximum absolute atomic E-state index is 13.0. The molecule has 2 atom stereocenters. The Kier molecular flexibility index (Phi) is 4.07. The fourth-order valence-electron chi connectivity index (χ4n) is 3.27. The smallest absolute Gasteiger partial charge is 0.407 e. The second-order valence-corrected chi connectivity index (χ2v) is 6.35. The second-order valence-electron chi connectivity index (χ2n) is 6.35. The molecule has 2 amide bonds.